The number of nitrogens with one attached hydrogen (secondary N) is 1. The molecule has 3 saturated heterocycles. The molecular weight excluding hydrogens is 396 g/mol. The van der Waals surface area contributed by atoms with E-state index in [1.807, 2.05) is 0 Å². The van der Waals surface area contributed by atoms with E-state index in [2.05, 4.69) is 5.32 Å². The normalized spacial score (nSPS) is 49.9. The summed E-state index contributed by atoms with van der Waals surface area (Å²) >= 11 is 0. The first-order valence-corrected chi connectivity index (χ1v) is 9.53. The Bertz CT molecular complexity index is 535. The quantitative estimate of drug-likeness (QED) is 0.201. The third-order valence-corrected chi connectivity index (χ3v) is 5.63. The Labute approximate surface area is 166 Å². The van der Waals surface area contributed by atoms with Gasteiger partial charge in [0.15, 0.2) is 12.4 Å². The van der Waals surface area contributed by atoms with Crippen LogP contribution in [0.3, 0.4) is 0 Å². The molecule has 0 aromatic heterocycles. The fraction of sp³-hybridized carbons (Fsp3) is 1.00. The Hall–Kier alpha value is -0.520. The topological polar surface area (TPSA) is 205 Å². The van der Waals surface area contributed by atoms with Crippen molar-refractivity contribution in [2.75, 3.05) is 39.4 Å². The second-order valence-corrected chi connectivity index (χ2v) is 7.47. The lowest BCUT2D eigenvalue weighted by Gasteiger charge is -2.52. The first-order chi connectivity index (χ1) is 13.7. The first kappa shape index (κ1) is 23.1. The van der Waals surface area contributed by atoms with Crippen LogP contribution in [0, 0.1) is 0 Å². The minimum Gasteiger partial charge on any atom is -0.394 e. The molecule has 170 valence electrons. The molecule has 3 fully saturated rings. The van der Waals surface area contributed by atoms with Gasteiger partial charge in [0, 0.05) is 26.2 Å². The zero-order chi connectivity index (χ0) is 21.3. The second kappa shape index (κ2) is 9.32. The van der Waals surface area contributed by atoms with Crippen LogP contribution in [0.2, 0.25) is 0 Å². The molecule has 3 heterocycles. The van der Waals surface area contributed by atoms with E-state index in [1.54, 1.807) is 0 Å². The minimum atomic E-state index is -2.27. The second-order valence-electron chi connectivity index (χ2n) is 7.47. The molecule has 3 aliphatic rings. The van der Waals surface area contributed by atoms with Gasteiger partial charge in [-0.3, -0.25) is 0 Å². The van der Waals surface area contributed by atoms with Crippen molar-refractivity contribution < 1.29 is 55.1 Å². The maximum absolute atomic E-state index is 10.9. The summed E-state index contributed by atoms with van der Waals surface area (Å²) < 4.78 is 16.2. The van der Waals surface area contributed by atoms with Gasteiger partial charge in [0.25, 0.3) is 5.91 Å². The molecule has 3 aliphatic heterocycles. The van der Waals surface area contributed by atoms with E-state index >= 15 is 0 Å². The highest BCUT2D eigenvalue weighted by Gasteiger charge is 2.58. The molecule has 0 aromatic rings. The van der Waals surface area contributed by atoms with Crippen molar-refractivity contribution in [3.63, 3.8) is 0 Å². The Morgan fingerprint density at radius 2 is 1.52 bits per heavy atom. The van der Waals surface area contributed by atoms with Crippen LogP contribution >= 0.6 is 0 Å². The van der Waals surface area contributed by atoms with Gasteiger partial charge in [-0.2, -0.15) is 0 Å². The van der Waals surface area contributed by atoms with Gasteiger partial charge in [-0.05, 0) is 0 Å². The van der Waals surface area contributed by atoms with Crippen molar-refractivity contribution >= 4 is 0 Å². The minimum absolute atomic E-state index is 0.316. The molecule has 29 heavy (non-hydrogen) atoms. The first-order valence-electron chi connectivity index (χ1n) is 9.53. The van der Waals surface area contributed by atoms with Gasteiger partial charge in [-0.15, -0.1) is 0 Å². The highest BCUT2D eigenvalue weighted by atomic mass is 16.7. The lowest BCUT2D eigenvalue weighted by Crippen LogP contribution is -2.74. The van der Waals surface area contributed by atoms with Gasteiger partial charge in [0.2, 0.25) is 0 Å². The van der Waals surface area contributed by atoms with Crippen LogP contribution in [-0.2, 0) is 14.2 Å². The zero-order valence-electron chi connectivity index (χ0n) is 15.7. The molecule has 0 aliphatic carbocycles. The van der Waals surface area contributed by atoms with Crippen LogP contribution in [-0.4, -0.2) is 146 Å². The van der Waals surface area contributed by atoms with Crippen molar-refractivity contribution in [2.45, 2.75) is 61.0 Å². The number of hydrogen-bond acceptors (Lipinski definition) is 13. The largest absolute Gasteiger partial charge is 0.394 e. The van der Waals surface area contributed by atoms with Gasteiger partial charge in [-0.25, -0.2) is 4.90 Å². The van der Waals surface area contributed by atoms with E-state index in [1.165, 1.54) is 4.90 Å². The number of hydrogen-bond donors (Lipinski definition) is 9. The molecule has 1 unspecified atom stereocenters. The number of rotatable bonds is 5. The predicted molar refractivity (Wildman–Crippen MR) is 92.0 cm³/mol. The predicted octanol–water partition coefficient (Wildman–Crippen LogP) is -6.16. The summed E-state index contributed by atoms with van der Waals surface area (Å²) in [6, 6.07) is 0. The Morgan fingerprint density at radius 3 is 2.10 bits per heavy atom. The molecule has 9 N–H and O–H groups in total. The number of aliphatic hydroxyl groups excluding tert-OH is 7. The molecule has 0 spiro atoms. The molecule has 0 bridgehead atoms. The van der Waals surface area contributed by atoms with E-state index in [9.17, 15) is 40.9 Å². The number of piperazine rings is 1. The summed E-state index contributed by atoms with van der Waals surface area (Å²) in [5.41, 5.74) is 0. The van der Waals surface area contributed by atoms with Gasteiger partial charge < -0.3 is 60.4 Å². The highest BCUT2D eigenvalue weighted by Crippen LogP contribution is 2.34. The number of aliphatic hydroxyl groups is 8. The molecule has 0 radical (unpaired) electrons. The molecule has 13 heteroatoms. The summed E-state index contributed by atoms with van der Waals surface area (Å²) in [7, 11) is 0. The SMILES string of the molecule is OC[C@H]1O[C@@H](O[C@H]2[C@H](O)[C@@H](O)C(O)(N3CCNCC3)O[C@@H]2CO)[C@H](O)[C@@H](O)[C@H]1O. The Balaban J connectivity index is 1.76. The lowest BCUT2D eigenvalue weighted by atomic mass is 9.94. The summed E-state index contributed by atoms with van der Waals surface area (Å²) in [5, 5.41) is 83.9. The van der Waals surface area contributed by atoms with Crippen molar-refractivity contribution in [2.24, 2.45) is 0 Å². The van der Waals surface area contributed by atoms with Crippen molar-refractivity contribution in [1.29, 1.82) is 0 Å². The van der Waals surface area contributed by atoms with Crippen molar-refractivity contribution in [3.05, 3.63) is 0 Å². The van der Waals surface area contributed by atoms with Gasteiger partial charge in [0.05, 0.1) is 13.2 Å². The maximum Gasteiger partial charge on any atom is 0.258 e. The Kier molecular flexibility index (Phi) is 7.44. The maximum atomic E-state index is 10.9. The van der Waals surface area contributed by atoms with Crippen LogP contribution in [0.5, 0.6) is 0 Å². The van der Waals surface area contributed by atoms with Gasteiger partial charge in [0.1, 0.15) is 42.7 Å². The number of nitrogens with zero attached hydrogens (tertiary/aromatic N) is 1. The fourth-order valence-corrected chi connectivity index (χ4v) is 3.87. The smallest absolute Gasteiger partial charge is 0.258 e. The van der Waals surface area contributed by atoms with Crippen LogP contribution in [0.4, 0.5) is 0 Å². The van der Waals surface area contributed by atoms with E-state index in [0.717, 1.165) is 0 Å². The molecule has 0 amide bonds. The Morgan fingerprint density at radius 1 is 0.897 bits per heavy atom. The molecule has 10 atom stereocenters. The van der Waals surface area contributed by atoms with Crippen LogP contribution in [0.1, 0.15) is 0 Å². The highest BCUT2D eigenvalue weighted by molar-refractivity contribution is 4.99. The third-order valence-electron chi connectivity index (χ3n) is 5.63. The monoisotopic (exact) mass is 426 g/mol. The standard InChI is InChI=1S/C16H30N2O11/c19-5-7-9(21)10(22)11(23)15(27-7)28-13-8(6-20)29-16(26,14(25)12(13)24)18-3-1-17-2-4-18/h7-15,17,19-26H,1-6H2/t7-,8-,9+,10+,11-,12+,13-,14-,15+,16?/m1/s1. The molecule has 0 saturated carbocycles. The molecular formula is C16H30N2O11. The zero-order valence-corrected chi connectivity index (χ0v) is 15.7. The summed E-state index contributed by atoms with van der Waals surface area (Å²) in [6.07, 6.45) is -14.3. The summed E-state index contributed by atoms with van der Waals surface area (Å²) in [6.45, 7) is 0.281. The fourth-order valence-electron chi connectivity index (χ4n) is 3.87. The summed E-state index contributed by atoms with van der Waals surface area (Å²) in [5.74, 6) is -2.27. The van der Waals surface area contributed by atoms with E-state index < -0.39 is 74.2 Å². The van der Waals surface area contributed by atoms with Crippen molar-refractivity contribution in [3.8, 4) is 0 Å². The summed E-state index contributed by atoms with van der Waals surface area (Å²) in [4.78, 5) is 1.42. The van der Waals surface area contributed by atoms with E-state index in [4.69, 9.17) is 14.2 Å². The lowest BCUT2D eigenvalue weighted by molar-refractivity contribution is -0.420. The third kappa shape index (κ3) is 4.29. The van der Waals surface area contributed by atoms with Gasteiger partial charge >= 0.3 is 0 Å². The molecule has 0 aromatic carbocycles. The van der Waals surface area contributed by atoms with Gasteiger partial charge in [-0.1, -0.05) is 0 Å². The van der Waals surface area contributed by atoms with E-state index in [-0.39, 0.29) is 0 Å². The van der Waals surface area contributed by atoms with Crippen LogP contribution in [0.25, 0.3) is 0 Å². The molecule has 3 rings (SSSR count). The number of ether oxygens (including phenoxy) is 3. The van der Waals surface area contributed by atoms with Crippen molar-refractivity contribution in [1.82, 2.24) is 10.2 Å². The van der Waals surface area contributed by atoms with E-state index in [0.29, 0.717) is 26.2 Å². The average Bonchev–Trinajstić information content (AvgIpc) is 2.74. The average molecular weight is 426 g/mol. The van der Waals surface area contributed by atoms with Crippen LogP contribution in [0.15, 0.2) is 0 Å². The van der Waals surface area contributed by atoms with Crippen LogP contribution < -0.4 is 5.32 Å². The molecule has 13 nitrogen and oxygen atoms in total.